The van der Waals surface area contributed by atoms with E-state index in [0.717, 1.165) is 17.4 Å². The van der Waals surface area contributed by atoms with Gasteiger partial charge in [-0.15, -0.1) is 0 Å². The van der Waals surface area contributed by atoms with Gasteiger partial charge in [0.1, 0.15) is 0 Å². The molecule has 1 aromatic heterocycles. The number of halogens is 1. The van der Waals surface area contributed by atoms with E-state index in [-0.39, 0.29) is 0 Å². The average Bonchev–Trinajstić information content (AvgIpc) is 1.91. The van der Waals surface area contributed by atoms with E-state index in [1.54, 1.807) is 0 Å². The van der Waals surface area contributed by atoms with Crippen LogP contribution in [0.4, 0.5) is 0 Å². The Kier molecular flexibility index (Phi) is 1.25. The standard InChI is InChI=1S/C3H3ClN2S/c1-2-3(4)6-7-5-2/h1H3. The molecule has 0 saturated heterocycles. The molecule has 0 aliphatic rings. The van der Waals surface area contributed by atoms with Crippen LogP contribution in [0, 0.1) is 6.92 Å². The average molecular weight is 135 g/mol. The molecule has 1 heterocycles. The van der Waals surface area contributed by atoms with Crippen LogP contribution in [0.3, 0.4) is 0 Å². The Labute approximate surface area is 50.5 Å². The zero-order chi connectivity index (χ0) is 5.28. The quantitative estimate of drug-likeness (QED) is 0.538. The van der Waals surface area contributed by atoms with Gasteiger partial charge in [-0.2, -0.15) is 8.75 Å². The second-order valence-electron chi connectivity index (χ2n) is 1.14. The lowest BCUT2D eigenvalue weighted by molar-refractivity contribution is 1.32. The fourth-order valence-electron chi connectivity index (χ4n) is 0.221. The van der Waals surface area contributed by atoms with Crippen LogP contribution in [0.1, 0.15) is 5.69 Å². The van der Waals surface area contributed by atoms with E-state index in [9.17, 15) is 0 Å². The van der Waals surface area contributed by atoms with E-state index in [1.165, 1.54) is 0 Å². The number of aryl methyl sites for hydroxylation is 1. The molecule has 0 atom stereocenters. The van der Waals surface area contributed by atoms with Crippen molar-refractivity contribution in [2.75, 3.05) is 0 Å². The summed E-state index contributed by atoms with van der Waals surface area (Å²) in [6.45, 7) is 1.83. The molecule has 0 saturated carbocycles. The van der Waals surface area contributed by atoms with Crippen LogP contribution in [-0.4, -0.2) is 8.75 Å². The van der Waals surface area contributed by atoms with Crippen LogP contribution in [0.15, 0.2) is 0 Å². The monoisotopic (exact) mass is 134 g/mol. The zero-order valence-electron chi connectivity index (χ0n) is 3.68. The maximum absolute atomic E-state index is 5.46. The first-order valence-electron chi connectivity index (χ1n) is 1.75. The Bertz CT molecular complexity index is 145. The van der Waals surface area contributed by atoms with Crippen LogP contribution in [0.2, 0.25) is 5.15 Å². The molecule has 0 bridgehead atoms. The Morgan fingerprint density at radius 1 is 1.57 bits per heavy atom. The highest BCUT2D eigenvalue weighted by Crippen LogP contribution is 2.08. The lowest BCUT2D eigenvalue weighted by Gasteiger charge is -1.72. The van der Waals surface area contributed by atoms with E-state index in [0.29, 0.717) is 5.15 Å². The Morgan fingerprint density at radius 3 is 2.43 bits per heavy atom. The Morgan fingerprint density at radius 2 is 2.29 bits per heavy atom. The lowest BCUT2D eigenvalue weighted by atomic mass is 10.6. The van der Waals surface area contributed by atoms with Gasteiger partial charge in [0.05, 0.1) is 17.4 Å². The van der Waals surface area contributed by atoms with Crippen molar-refractivity contribution in [2.45, 2.75) is 6.92 Å². The van der Waals surface area contributed by atoms with Gasteiger partial charge < -0.3 is 0 Å². The number of nitrogens with zero attached hydrogens (tertiary/aromatic N) is 2. The van der Waals surface area contributed by atoms with Crippen LogP contribution in [0.25, 0.3) is 0 Å². The Hall–Kier alpha value is -0.150. The van der Waals surface area contributed by atoms with Crippen molar-refractivity contribution in [3.63, 3.8) is 0 Å². The van der Waals surface area contributed by atoms with Gasteiger partial charge in [0.15, 0.2) is 5.15 Å². The topological polar surface area (TPSA) is 25.8 Å². The van der Waals surface area contributed by atoms with Gasteiger partial charge in [-0.05, 0) is 6.92 Å². The van der Waals surface area contributed by atoms with E-state index < -0.39 is 0 Å². The number of rotatable bonds is 0. The molecule has 0 unspecified atom stereocenters. The molecule has 0 N–H and O–H groups in total. The molecule has 4 heteroatoms. The second kappa shape index (κ2) is 1.76. The van der Waals surface area contributed by atoms with Gasteiger partial charge in [-0.1, -0.05) is 11.6 Å². The van der Waals surface area contributed by atoms with Crippen molar-refractivity contribution in [3.05, 3.63) is 10.8 Å². The van der Waals surface area contributed by atoms with Gasteiger partial charge in [0.25, 0.3) is 0 Å². The fraction of sp³-hybridized carbons (Fsp3) is 0.333. The molecule has 1 aromatic rings. The third-order valence-corrected chi connectivity index (χ3v) is 1.68. The summed E-state index contributed by atoms with van der Waals surface area (Å²) in [6.07, 6.45) is 0. The van der Waals surface area contributed by atoms with Crippen LogP contribution in [-0.2, 0) is 0 Å². The number of aromatic nitrogens is 2. The zero-order valence-corrected chi connectivity index (χ0v) is 5.25. The van der Waals surface area contributed by atoms with Crippen LogP contribution >= 0.6 is 23.3 Å². The third kappa shape index (κ3) is 0.894. The summed E-state index contributed by atoms with van der Waals surface area (Å²) in [6, 6.07) is 0. The molecule has 0 radical (unpaired) electrons. The molecular formula is C3H3ClN2S. The molecule has 0 aliphatic carbocycles. The van der Waals surface area contributed by atoms with Gasteiger partial charge in [0.2, 0.25) is 0 Å². The van der Waals surface area contributed by atoms with Crippen molar-refractivity contribution >= 4 is 23.3 Å². The highest BCUT2D eigenvalue weighted by Gasteiger charge is 1.94. The molecule has 38 valence electrons. The minimum absolute atomic E-state index is 0.519. The van der Waals surface area contributed by atoms with Crippen LogP contribution in [0.5, 0.6) is 0 Å². The first-order chi connectivity index (χ1) is 3.30. The first-order valence-corrected chi connectivity index (χ1v) is 2.86. The summed E-state index contributed by atoms with van der Waals surface area (Å²) in [5, 5.41) is 0.519. The predicted octanol–water partition coefficient (Wildman–Crippen LogP) is 1.50. The van der Waals surface area contributed by atoms with Crippen molar-refractivity contribution < 1.29 is 0 Å². The number of hydrogen-bond donors (Lipinski definition) is 0. The molecule has 0 fully saturated rings. The van der Waals surface area contributed by atoms with E-state index in [4.69, 9.17) is 11.6 Å². The van der Waals surface area contributed by atoms with E-state index >= 15 is 0 Å². The molecule has 0 spiro atoms. The molecule has 0 aromatic carbocycles. The second-order valence-corrected chi connectivity index (χ2v) is 2.03. The molecule has 1 rings (SSSR count). The summed E-state index contributed by atoms with van der Waals surface area (Å²) >= 11 is 6.60. The van der Waals surface area contributed by atoms with E-state index in [1.807, 2.05) is 6.92 Å². The van der Waals surface area contributed by atoms with Gasteiger partial charge in [0, 0.05) is 0 Å². The molecule has 2 nitrogen and oxygen atoms in total. The van der Waals surface area contributed by atoms with E-state index in [2.05, 4.69) is 8.75 Å². The lowest BCUT2D eigenvalue weighted by Crippen LogP contribution is -1.65. The molecule has 0 amide bonds. The highest BCUT2D eigenvalue weighted by atomic mass is 35.5. The van der Waals surface area contributed by atoms with Crippen LogP contribution < -0.4 is 0 Å². The maximum atomic E-state index is 5.46. The molecule has 0 aliphatic heterocycles. The summed E-state index contributed by atoms with van der Waals surface area (Å²) in [5.41, 5.74) is 0.812. The molecular weight excluding hydrogens is 132 g/mol. The van der Waals surface area contributed by atoms with Gasteiger partial charge >= 0.3 is 0 Å². The number of hydrogen-bond acceptors (Lipinski definition) is 3. The van der Waals surface area contributed by atoms with Gasteiger partial charge in [-0.25, -0.2) is 0 Å². The normalized spacial score (nSPS) is 9.43. The minimum Gasteiger partial charge on any atom is -0.177 e. The van der Waals surface area contributed by atoms with Crippen molar-refractivity contribution in [3.8, 4) is 0 Å². The summed E-state index contributed by atoms with van der Waals surface area (Å²) in [5.74, 6) is 0. The van der Waals surface area contributed by atoms with Crippen molar-refractivity contribution in [1.29, 1.82) is 0 Å². The minimum atomic E-state index is 0.519. The van der Waals surface area contributed by atoms with Crippen molar-refractivity contribution in [1.82, 2.24) is 8.75 Å². The summed E-state index contributed by atoms with van der Waals surface area (Å²) < 4.78 is 7.53. The fourth-order valence-corrected chi connectivity index (χ4v) is 0.860. The summed E-state index contributed by atoms with van der Waals surface area (Å²) in [7, 11) is 0. The highest BCUT2D eigenvalue weighted by molar-refractivity contribution is 6.99. The smallest absolute Gasteiger partial charge is 0.165 e. The third-order valence-electron chi connectivity index (χ3n) is 0.597. The van der Waals surface area contributed by atoms with Gasteiger partial charge in [-0.3, -0.25) is 0 Å². The Balaban J connectivity index is 3.12. The first kappa shape index (κ1) is 5.00. The predicted molar refractivity (Wildman–Crippen MR) is 29.7 cm³/mol. The SMILES string of the molecule is Cc1nsnc1Cl. The molecule has 7 heavy (non-hydrogen) atoms. The van der Waals surface area contributed by atoms with Crippen molar-refractivity contribution in [2.24, 2.45) is 0 Å². The summed E-state index contributed by atoms with van der Waals surface area (Å²) in [4.78, 5) is 0. The maximum Gasteiger partial charge on any atom is 0.165 e. The largest absolute Gasteiger partial charge is 0.177 e.